The molecule has 0 aliphatic heterocycles. The SMILES string of the molecule is CCCCNC(=O)C(CC(O)CCc1ccccc1)C(N)=O. The van der Waals surface area contributed by atoms with Crippen LogP contribution in [0.3, 0.4) is 0 Å². The second-order valence-corrected chi connectivity index (χ2v) is 5.51. The van der Waals surface area contributed by atoms with Crippen LogP contribution in [0.2, 0.25) is 0 Å². The number of aryl methyl sites for hydroxylation is 1. The van der Waals surface area contributed by atoms with Gasteiger partial charge in [0.15, 0.2) is 0 Å². The maximum absolute atomic E-state index is 11.9. The molecule has 0 radical (unpaired) electrons. The molecule has 2 atom stereocenters. The monoisotopic (exact) mass is 306 g/mol. The first-order chi connectivity index (χ1) is 10.5. The van der Waals surface area contributed by atoms with Crippen molar-refractivity contribution < 1.29 is 14.7 Å². The largest absolute Gasteiger partial charge is 0.393 e. The van der Waals surface area contributed by atoms with E-state index >= 15 is 0 Å². The molecule has 0 spiro atoms. The van der Waals surface area contributed by atoms with E-state index in [4.69, 9.17) is 5.73 Å². The van der Waals surface area contributed by atoms with Crippen molar-refractivity contribution in [2.24, 2.45) is 11.7 Å². The van der Waals surface area contributed by atoms with Gasteiger partial charge in [-0.1, -0.05) is 43.7 Å². The number of nitrogens with two attached hydrogens (primary N) is 1. The smallest absolute Gasteiger partial charge is 0.232 e. The van der Waals surface area contributed by atoms with Gasteiger partial charge in [0.05, 0.1) is 6.10 Å². The van der Waals surface area contributed by atoms with Crippen molar-refractivity contribution in [1.29, 1.82) is 0 Å². The van der Waals surface area contributed by atoms with E-state index in [1.165, 1.54) is 0 Å². The summed E-state index contributed by atoms with van der Waals surface area (Å²) in [5.41, 5.74) is 6.40. The predicted molar refractivity (Wildman–Crippen MR) is 86.0 cm³/mol. The topological polar surface area (TPSA) is 92.4 Å². The molecule has 2 unspecified atom stereocenters. The molecule has 0 fully saturated rings. The van der Waals surface area contributed by atoms with Crippen LogP contribution in [-0.4, -0.2) is 29.6 Å². The minimum atomic E-state index is -0.970. The number of aliphatic hydroxyl groups excluding tert-OH is 1. The fourth-order valence-electron chi connectivity index (χ4n) is 2.23. The zero-order valence-corrected chi connectivity index (χ0v) is 13.1. The minimum absolute atomic E-state index is 0.0696. The molecule has 1 rings (SSSR count). The summed E-state index contributed by atoms with van der Waals surface area (Å²) in [6, 6.07) is 9.78. The number of carbonyl (C=O) groups is 2. The van der Waals surface area contributed by atoms with E-state index in [1.807, 2.05) is 37.3 Å². The Morgan fingerprint density at radius 1 is 1.27 bits per heavy atom. The lowest BCUT2D eigenvalue weighted by Crippen LogP contribution is -2.41. The molecular weight excluding hydrogens is 280 g/mol. The molecule has 0 heterocycles. The second kappa shape index (κ2) is 9.95. The number of nitrogens with one attached hydrogen (secondary N) is 1. The van der Waals surface area contributed by atoms with Crippen LogP contribution >= 0.6 is 0 Å². The molecule has 1 aromatic carbocycles. The first kappa shape index (κ1) is 18.2. The van der Waals surface area contributed by atoms with Crippen LogP contribution in [0.1, 0.15) is 38.2 Å². The van der Waals surface area contributed by atoms with Crippen LogP contribution in [0.15, 0.2) is 30.3 Å². The lowest BCUT2D eigenvalue weighted by Gasteiger charge is -2.17. The average Bonchev–Trinajstić information content (AvgIpc) is 2.51. The number of benzene rings is 1. The van der Waals surface area contributed by atoms with Gasteiger partial charge in [0.25, 0.3) is 0 Å². The average molecular weight is 306 g/mol. The van der Waals surface area contributed by atoms with E-state index in [0.29, 0.717) is 19.4 Å². The molecule has 0 bridgehead atoms. The fourth-order valence-corrected chi connectivity index (χ4v) is 2.23. The molecule has 0 saturated heterocycles. The lowest BCUT2D eigenvalue weighted by atomic mass is 9.96. The molecule has 4 N–H and O–H groups in total. The van der Waals surface area contributed by atoms with E-state index in [-0.39, 0.29) is 12.3 Å². The molecule has 22 heavy (non-hydrogen) atoms. The van der Waals surface area contributed by atoms with E-state index < -0.39 is 17.9 Å². The number of amides is 2. The first-order valence-electron chi connectivity index (χ1n) is 7.83. The minimum Gasteiger partial charge on any atom is -0.393 e. The maximum Gasteiger partial charge on any atom is 0.232 e. The van der Waals surface area contributed by atoms with Crippen molar-refractivity contribution >= 4 is 11.8 Å². The van der Waals surface area contributed by atoms with Gasteiger partial charge in [0.1, 0.15) is 5.92 Å². The number of carbonyl (C=O) groups excluding carboxylic acids is 2. The number of primary amides is 1. The second-order valence-electron chi connectivity index (χ2n) is 5.51. The molecule has 5 heteroatoms. The fraction of sp³-hybridized carbons (Fsp3) is 0.529. The van der Waals surface area contributed by atoms with Gasteiger partial charge in [0, 0.05) is 6.54 Å². The number of unbranched alkanes of at least 4 members (excludes halogenated alkanes) is 1. The molecule has 2 amide bonds. The van der Waals surface area contributed by atoms with Crippen molar-refractivity contribution in [2.75, 3.05) is 6.54 Å². The predicted octanol–water partition coefficient (Wildman–Crippen LogP) is 1.39. The molecule has 5 nitrogen and oxygen atoms in total. The Kier molecular flexibility index (Phi) is 8.22. The molecule has 122 valence electrons. The highest BCUT2D eigenvalue weighted by Gasteiger charge is 2.26. The van der Waals surface area contributed by atoms with Gasteiger partial charge in [-0.3, -0.25) is 9.59 Å². The van der Waals surface area contributed by atoms with E-state index in [0.717, 1.165) is 18.4 Å². The zero-order chi connectivity index (χ0) is 16.4. The third-order valence-electron chi connectivity index (χ3n) is 3.61. The highest BCUT2D eigenvalue weighted by atomic mass is 16.3. The maximum atomic E-state index is 11.9. The van der Waals surface area contributed by atoms with Gasteiger partial charge in [-0.05, 0) is 31.2 Å². The Labute approximate surface area is 131 Å². The van der Waals surface area contributed by atoms with Crippen LogP contribution in [0.25, 0.3) is 0 Å². The standard InChI is InChI=1S/C17H26N2O3/c1-2-3-11-19-17(22)15(16(18)21)12-14(20)10-9-13-7-5-4-6-8-13/h4-8,14-15,20H,2-3,9-12H2,1H3,(H2,18,21)(H,19,22). The number of hydrogen-bond donors (Lipinski definition) is 3. The number of aliphatic hydroxyl groups is 1. The zero-order valence-electron chi connectivity index (χ0n) is 13.1. The van der Waals surface area contributed by atoms with Gasteiger partial charge in [-0.2, -0.15) is 0 Å². The van der Waals surface area contributed by atoms with Gasteiger partial charge in [0.2, 0.25) is 11.8 Å². The third-order valence-corrected chi connectivity index (χ3v) is 3.61. The Bertz CT molecular complexity index is 462. The lowest BCUT2D eigenvalue weighted by molar-refractivity contribution is -0.134. The van der Waals surface area contributed by atoms with Crippen molar-refractivity contribution in [2.45, 2.75) is 45.1 Å². The Morgan fingerprint density at radius 3 is 2.55 bits per heavy atom. The Balaban J connectivity index is 2.44. The normalized spacial score (nSPS) is 13.4. The van der Waals surface area contributed by atoms with Crippen LogP contribution < -0.4 is 11.1 Å². The number of hydrogen-bond acceptors (Lipinski definition) is 3. The summed E-state index contributed by atoms with van der Waals surface area (Å²) in [6.07, 6.45) is 2.35. The van der Waals surface area contributed by atoms with Crippen LogP contribution in [-0.2, 0) is 16.0 Å². The first-order valence-corrected chi connectivity index (χ1v) is 7.83. The summed E-state index contributed by atoms with van der Waals surface area (Å²) >= 11 is 0. The highest BCUT2D eigenvalue weighted by molar-refractivity contribution is 5.99. The Hall–Kier alpha value is -1.88. The summed E-state index contributed by atoms with van der Waals surface area (Å²) in [7, 11) is 0. The third kappa shape index (κ3) is 6.72. The summed E-state index contributed by atoms with van der Waals surface area (Å²) in [6.45, 7) is 2.55. The molecule has 1 aromatic rings. The van der Waals surface area contributed by atoms with Gasteiger partial charge < -0.3 is 16.2 Å². The number of rotatable bonds is 10. The molecule has 0 aromatic heterocycles. The van der Waals surface area contributed by atoms with Crippen molar-refractivity contribution in [3.8, 4) is 0 Å². The van der Waals surface area contributed by atoms with Crippen molar-refractivity contribution in [3.63, 3.8) is 0 Å². The quantitative estimate of drug-likeness (QED) is 0.450. The molecule has 0 aliphatic carbocycles. The van der Waals surface area contributed by atoms with Gasteiger partial charge >= 0.3 is 0 Å². The van der Waals surface area contributed by atoms with E-state index in [1.54, 1.807) is 0 Å². The van der Waals surface area contributed by atoms with Crippen LogP contribution in [0, 0.1) is 5.92 Å². The van der Waals surface area contributed by atoms with Gasteiger partial charge in [-0.25, -0.2) is 0 Å². The Morgan fingerprint density at radius 2 is 1.95 bits per heavy atom. The molecule has 0 aliphatic rings. The highest BCUT2D eigenvalue weighted by Crippen LogP contribution is 2.13. The van der Waals surface area contributed by atoms with Gasteiger partial charge in [-0.15, -0.1) is 0 Å². The molecular formula is C17H26N2O3. The van der Waals surface area contributed by atoms with Crippen LogP contribution in [0.4, 0.5) is 0 Å². The summed E-state index contributed by atoms with van der Waals surface area (Å²) in [5, 5.41) is 12.8. The van der Waals surface area contributed by atoms with E-state index in [9.17, 15) is 14.7 Å². The van der Waals surface area contributed by atoms with Crippen molar-refractivity contribution in [3.05, 3.63) is 35.9 Å². The molecule has 0 saturated carbocycles. The van der Waals surface area contributed by atoms with Crippen LogP contribution in [0.5, 0.6) is 0 Å². The summed E-state index contributed by atoms with van der Waals surface area (Å²) in [5.74, 6) is -2.05. The van der Waals surface area contributed by atoms with Crippen molar-refractivity contribution in [1.82, 2.24) is 5.32 Å². The van der Waals surface area contributed by atoms with E-state index in [2.05, 4.69) is 5.32 Å². The summed E-state index contributed by atoms with van der Waals surface area (Å²) < 4.78 is 0. The summed E-state index contributed by atoms with van der Waals surface area (Å²) in [4.78, 5) is 23.4.